The molecule has 1 saturated heterocycles. The van der Waals surface area contributed by atoms with Gasteiger partial charge in [0, 0.05) is 30.2 Å². The molecule has 0 unspecified atom stereocenters. The molecule has 1 aliphatic rings. The molecule has 0 spiro atoms. The number of morpholine rings is 1. The molecule has 154 valence electrons. The predicted molar refractivity (Wildman–Crippen MR) is 117 cm³/mol. The Balaban J connectivity index is 1.33. The average molecular weight is 405 g/mol. The van der Waals surface area contributed by atoms with Crippen LogP contribution in [0.25, 0.3) is 10.8 Å². The number of rotatable bonds is 5. The first-order chi connectivity index (χ1) is 14.6. The van der Waals surface area contributed by atoms with Crippen LogP contribution < -0.4 is 16.0 Å². The van der Waals surface area contributed by atoms with Gasteiger partial charge in [-0.15, -0.1) is 0 Å². The number of fused-ring (bicyclic) bond motifs is 1. The van der Waals surface area contributed by atoms with Crippen LogP contribution in [0.5, 0.6) is 0 Å². The van der Waals surface area contributed by atoms with Crippen LogP contribution in [-0.4, -0.2) is 44.8 Å². The number of carbonyl (C=O) groups excluding carboxylic acids is 2. The standard InChI is InChI=1S/C23H23N3O4/c24-21-14-17-4-2-1-3-16(17)13-20(21)23(28)30-15-22(27)25-18-5-7-19(8-6-18)26-9-11-29-12-10-26/h1-8,13-14H,9-12,15,24H2,(H,25,27). The van der Waals surface area contributed by atoms with Crippen molar-refractivity contribution in [3.8, 4) is 0 Å². The van der Waals surface area contributed by atoms with E-state index in [9.17, 15) is 9.59 Å². The van der Waals surface area contributed by atoms with Gasteiger partial charge >= 0.3 is 5.97 Å². The van der Waals surface area contributed by atoms with E-state index in [0.717, 1.165) is 29.5 Å². The van der Waals surface area contributed by atoms with E-state index >= 15 is 0 Å². The van der Waals surface area contributed by atoms with Crippen molar-refractivity contribution in [1.82, 2.24) is 0 Å². The molecule has 1 heterocycles. The molecule has 0 aliphatic carbocycles. The number of nitrogen functional groups attached to an aromatic ring is 1. The Morgan fingerprint density at radius 1 is 1.00 bits per heavy atom. The summed E-state index contributed by atoms with van der Waals surface area (Å²) in [7, 11) is 0. The van der Waals surface area contributed by atoms with Gasteiger partial charge in [0.15, 0.2) is 6.61 Å². The summed E-state index contributed by atoms with van der Waals surface area (Å²) < 4.78 is 10.5. The Morgan fingerprint density at radius 3 is 2.37 bits per heavy atom. The van der Waals surface area contributed by atoms with Crippen LogP contribution in [0.2, 0.25) is 0 Å². The zero-order chi connectivity index (χ0) is 20.9. The minimum atomic E-state index is -0.629. The van der Waals surface area contributed by atoms with Crippen molar-refractivity contribution in [1.29, 1.82) is 0 Å². The maximum Gasteiger partial charge on any atom is 0.340 e. The fourth-order valence-electron chi connectivity index (χ4n) is 3.42. The second-order valence-corrected chi connectivity index (χ2v) is 7.06. The van der Waals surface area contributed by atoms with Crippen LogP contribution in [0.15, 0.2) is 60.7 Å². The summed E-state index contributed by atoms with van der Waals surface area (Å²) in [6.45, 7) is 2.73. The van der Waals surface area contributed by atoms with Crippen LogP contribution in [0.4, 0.5) is 17.1 Å². The number of nitrogens with zero attached hydrogens (tertiary/aromatic N) is 1. The highest BCUT2D eigenvalue weighted by Gasteiger charge is 2.15. The highest BCUT2D eigenvalue weighted by Crippen LogP contribution is 2.23. The van der Waals surface area contributed by atoms with Gasteiger partial charge in [-0.25, -0.2) is 4.79 Å². The van der Waals surface area contributed by atoms with Gasteiger partial charge in [0.1, 0.15) is 0 Å². The number of nitrogens with two attached hydrogens (primary N) is 1. The lowest BCUT2D eigenvalue weighted by molar-refractivity contribution is -0.119. The number of carbonyl (C=O) groups is 2. The number of esters is 1. The second-order valence-electron chi connectivity index (χ2n) is 7.06. The first-order valence-electron chi connectivity index (χ1n) is 9.78. The number of ether oxygens (including phenoxy) is 2. The third-order valence-corrected chi connectivity index (χ3v) is 5.00. The molecule has 0 aromatic heterocycles. The van der Waals surface area contributed by atoms with Gasteiger partial charge in [-0.3, -0.25) is 4.79 Å². The summed E-state index contributed by atoms with van der Waals surface area (Å²) in [6.07, 6.45) is 0. The number of benzene rings is 3. The topological polar surface area (TPSA) is 93.9 Å². The Bertz CT molecular complexity index is 1060. The van der Waals surface area contributed by atoms with E-state index in [-0.39, 0.29) is 5.56 Å². The normalized spacial score (nSPS) is 13.8. The molecular formula is C23H23N3O4. The molecule has 4 rings (SSSR count). The zero-order valence-electron chi connectivity index (χ0n) is 16.5. The fraction of sp³-hybridized carbons (Fsp3) is 0.217. The summed E-state index contributed by atoms with van der Waals surface area (Å²) in [5, 5.41) is 4.55. The number of hydrogen-bond acceptors (Lipinski definition) is 6. The number of nitrogens with one attached hydrogen (secondary N) is 1. The Morgan fingerprint density at radius 2 is 1.67 bits per heavy atom. The quantitative estimate of drug-likeness (QED) is 0.501. The third-order valence-electron chi connectivity index (χ3n) is 5.00. The van der Waals surface area contributed by atoms with Crippen molar-refractivity contribution in [3.05, 3.63) is 66.2 Å². The molecule has 7 nitrogen and oxygen atoms in total. The van der Waals surface area contributed by atoms with Crippen LogP contribution in [0, 0.1) is 0 Å². The number of hydrogen-bond donors (Lipinski definition) is 2. The van der Waals surface area contributed by atoms with Crippen molar-refractivity contribution >= 4 is 39.7 Å². The molecule has 1 amide bonds. The predicted octanol–water partition coefficient (Wildman–Crippen LogP) is 3.05. The van der Waals surface area contributed by atoms with E-state index in [2.05, 4.69) is 10.2 Å². The van der Waals surface area contributed by atoms with Gasteiger partial charge in [0.2, 0.25) is 0 Å². The highest BCUT2D eigenvalue weighted by molar-refractivity contribution is 6.02. The molecule has 1 aliphatic heterocycles. The first kappa shape index (κ1) is 19.7. The molecule has 3 aromatic carbocycles. The smallest absolute Gasteiger partial charge is 0.340 e. The summed E-state index contributed by atoms with van der Waals surface area (Å²) in [5.41, 5.74) is 8.26. The van der Waals surface area contributed by atoms with Gasteiger partial charge in [-0.2, -0.15) is 0 Å². The zero-order valence-corrected chi connectivity index (χ0v) is 16.5. The first-order valence-corrected chi connectivity index (χ1v) is 9.78. The Kier molecular flexibility index (Phi) is 5.81. The van der Waals surface area contributed by atoms with Crippen molar-refractivity contribution in [2.24, 2.45) is 0 Å². The summed E-state index contributed by atoms with van der Waals surface area (Å²) in [4.78, 5) is 26.8. The maximum atomic E-state index is 12.4. The molecule has 0 atom stereocenters. The van der Waals surface area contributed by atoms with Crippen LogP contribution >= 0.6 is 0 Å². The van der Waals surface area contributed by atoms with E-state index < -0.39 is 18.5 Å². The molecule has 0 radical (unpaired) electrons. The maximum absolute atomic E-state index is 12.4. The molecule has 1 fully saturated rings. The summed E-state index contributed by atoms with van der Waals surface area (Å²) in [5.74, 6) is -1.04. The minimum Gasteiger partial charge on any atom is -0.452 e. The SMILES string of the molecule is Nc1cc2ccccc2cc1C(=O)OCC(=O)Nc1ccc(N2CCOCC2)cc1. The average Bonchev–Trinajstić information content (AvgIpc) is 2.78. The monoisotopic (exact) mass is 405 g/mol. The molecule has 0 saturated carbocycles. The fourth-order valence-corrected chi connectivity index (χ4v) is 3.42. The van der Waals surface area contributed by atoms with Crippen LogP contribution in [0.1, 0.15) is 10.4 Å². The van der Waals surface area contributed by atoms with Crippen molar-refractivity contribution < 1.29 is 19.1 Å². The van der Waals surface area contributed by atoms with Crippen molar-refractivity contribution in [2.45, 2.75) is 0 Å². The largest absolute Gasteiger partial charge is 0.452 e. The molecule has 7 heteroatoms. The van der Waals surface area contributed by atoms with Crippen LogP contribution in [-0.2, 0) is 14.3 Å². The molecule has 3 aromatic rings. The van der Waals surface area contributed by atoms with E-state index in [1.165, 1.54) is 0 Å². The van der Waals surface area contributed by atoms with E-state index in [1.807, 2.05) is 48.5 Å². The lowest BCUT2D eigenvalue weighted by Gasteiger charge is -2.28. The summed E-state index contributed by atoms with van der Waals surface area (Å²) in [6, 6.07) is 18.5. The van der Waals surface area contributed by atoms with Gasteiger partial charge < -0.3 is 25.4 Å². The lowest BCUT2D eigenvalue weighted by Crippen LogP contribution is -2.36. The van der Waals surface area contributed by atoms with Crippen LogP contribution in [0.3, 0.4) is 0 Å². The molecule has 30 heavy (non-hydrogen) atoms. The molecule has 0 bridgehead atoms. The van der Waals surface area contributed by atoms with Gasteiger partial charge in [-0.05, 0) is 47.2 Å². The Hall–Kier alpha value is -3.58. The lowest BCUT2D eigenvalue weighted by atomic mass is 10.1. The summed E-state index contributed by atoms with van der Waals surface area (Å²) >= 11 is 0. The van der Waals surface area contributed by atoms with Crippen molar-refractivity contribution in [2.75, 3.05) is 48.9 Å². The highest BCUT2D eigenvalue weighted by atomic mass is 16.5. The van der Waals surface area contributed by atoms with E-state index in [4.69, 9.17) is 15.2 Å². The van der Waals surface area contributed by atoms with E-state index in [0.29, 0.717) is 24.6 Å². The van der Waals surface area contributed by atoms with Gasteiger partial charge in [0.05, 0.1) is 18.8 Å². The third kappa shape index (κ3) is 4.52. The second kappa shape index (κ2) is 8.84. The number of anilines is 3. The Labute approximate surface area is 174 Å². The van der Waals surface area contributed by atoms with E-state index in [1.54, 1.807) is 12.1 Å². The number of amides is 1. The van der Waals surface area contributed by atoms with Crippen molar-refractivity contribution in [3.63, 3.8) is 0 Å². The van der Waals surface area contributed by atoms with Gasteiger partial charge in [0.25, 0.3) is 5.91 Å². The molecule has 3 N–H and O–H groups in total. The minimum absolute atomic E-state index is 0.247. The molecular weight excluding hydrogens is 382 g/mol. The van der Waals surface area contributed by atoms with Gasteiger partial charge in [-0.1, -0.05) is 24.3 Å².